The number of pyridine rings is 1. The highest BCUT2D eigenvalue weighted by Crippen LogP contribution is 2.32. The van der Waals surface area contributed by atoms with Crippen molar-refractivity contribution in [1.82, 2.24) is 9.97 Å². The van der Waals surface area contributed by atoms with Crippen LogP contribution in [0.3, 0.4) is 0 Å². The quantitative estimate of drug-likeness (QED) is 0.376. The number of carbonyl (C=O) groups excluding carboxylic acids is 1. The molecule has 0 spiro atoms. The minimum atomic E-state index is -0.430. The second kappa shape index (κ2) is 8.73. The summed E-state index contributed by atoms with van der Waals surface area (Å²) in [5.41, 5.74) is 1.89. The molecule has 2 aromatic carbocycles. The summed E-state index contributed by atoms with van der Waals surface area (Å²) in [6, 6.07) is 19.1. The fourth-order valence-corrected chi connectivity index (χ4v) is 4.22. The fraction of sp³-hybridized carbons (Fsp3) is 0.0870. The van der Waals surface area contributed by atoms with E-state index in [0.29, 0.717) is 17.1 Å². The van der Waals surface area contributed by atoms with E-state index in [2.05, 4.69) is 9.97 Å². The number of nitrogens with zero attached hydrogens (tertiary/aromatic N) is 3. The molecule has 0 aliphatic heterocycles. The third-order valence-electron chi connectivity index (χ3n) is 4.49. The summed E-state index contributed by atoms with van der Waals surface area (Å²) in [6.07, 6.45) is 1.62. The summed E-state index contributed by atoms with van der Waals surface area (Å²) in [6.45, 7) is 2.01. The van der Waals surface area contributed by atoms with Crippen LogP contribution in [0.15, 0.2) is 72.9 Å². The number of aromatic nitrogens is 2. The number of anilines is 1. The smallest absolute Gasteiger partial charge is 0.279 e. The first kappa shape index (κ1) is 20.2. The lowest BCUT2D eigenvalue weighted by Crippen LogP contribution is -2.32. The number of amides is 1. The number of thiazole rings is 1. The van der Waals surface area contributed by atoms with E-state index in [-0.39, 0.29) is 17.5 Å². The number of benzene rings is 2. The zero-order valence-corrected chi connectivity index (χ0v) is 17.6. The second-order valence-corrected chi connectivity index (χ2v) is 8.20. The Bertz CT molecular complexity index is 1180. The van der Waals surface area contributed by atoms with Gasteiger partial charge in [-0.2, -0.15) is 0 Å². The number of rotatable bonds is 5. The fourth-order valence-electron chi connectivity index (χ4n) is 3.08. The number of hydrogen-bond donors (Lipinski definition) is 0. The minimum Gasteiger partial charge on any atom is -0.287 e. The van der Waals surface area contributed by atoms with Gasteiger partial charge in [0.1, 0.15) is 17.3 Å². The molecule has 0 saturated heterocycles. The molecule has 4 rings (SSSR count). The van der Waals surface area contributed by atoms with Crippen LogP contribution in [0.2, 0.25) is 5.02 Å². The first-order valence-corrected chi connectivity index (χ1v) is 10.4. The lowest BCUT2D eigenvalue weighted by Gasteiger charge is -2.22. The average Bonchev–Trinajstić information content (AvgIpc) is 3.16. The van der Waals surface area contributed by atoms with Crippen molar-refractivity contribution in [3.8, 4) is 10.4 Å². The van der Waals surface area contributed by atoms with Crippen LogP contribution in [0.4, 0.5) is 10.2 Å². The Kier molecular flexibility index (Phi) is 5.88. The Hall–Kier alpha value is -3.09. The Morgan fingerprint density at radius 1 is 1.10 bits per heavy atom. The van der Waals surface area contributed by atoms with Crippen LogP contribution in [-0.2, 0) is 6.54 Å². The first-order chi connectivity index (χ1) is 14.5. The molecule has 7 heteroatoms. The molecular formula is C23H17ClFN3OS. The van der Waals surface area contributed by atoms with E-state index in [1.807, 2.05) is 37.3 Å². The van der Waals surface area contributed by atoms with Gasteiger partial charge in [0.15, 0.2) is 0 Å². The van der Waals surface area contributed by atoms with E-state index in [1.165, 1.54) is 28.4 Å². The van der Waals surface area contributed by atoms with Crippen LogP contribution in [0, 0.1) is 12.7 Å². The Morgan fingerprint density at radius 2 is 1.87 bits per heavy atom. The molecule has 0 fully saturated rings. The van der Waals surface area contributed by atoms with Gasteiger partial charge < -0.3 is 0 Å². The van der Waals surface area contributed by atoms with Gasteiger partial charge in [0.2, 0.25) is 0 Å². The molecular weight excluding hydrogens is 421 g/mol. The van der Waals surface area contributed by atoms with Crippen molar-refractivity contribution in [3.63, 3.8) is 0 Å². The molecule has 2 aromatic heterocycles. The van der Waals surface area contributed by atoms with Gasteiger partial charge in [0, 0.05) is 11.2 Å². The topological polar surface area (TPSA) is 46.1 Å². The SMILES string of the molecule is Cc1nc(C(=O)N(Cc2ccc(F)cc2Cl)c2ccccn2)c(-c2ccccc2)s1. The maximum Gasteiger partial charge on any atom is 0.279 e. The third kappa shape index (κ3) is 4.25. The highest BCUT2D eigenvalue weighted by atomic mass is 35.5. The number of halogens is 2. The second-order valence-electron chi connectivity index (χ2n) is 6.59. The van der Waals surface area contributed by atoms with E-state index in [9.17, 15) is 9.18 Å². The molecule has 150 valence electrons. The normalized spacial score (nSPS) is 10.8. The number of aryl methyl sites for hydroxylation is 1. The maximum atomic E-state index is 13.6. The standard InChI is InChI=1S/C23H17ClFN3OS/c1-15-27-21(22(30-15)16-7-3-2-4-8-16)23(29)28(20-9-5-6-12-26-20)14-17-10-11-18(25)13-19(17)24/h2-13H,14H2,1H3. The van der Waals surface area contributed by atoms with Gasteiger partial charge in [0.05, 0.1) is 16.4 Å². The molecule has 0 aliphatic rings. The summed E-state index contributed by atoms with van der Waals surface area (Å²) in [7, 11) is 0. The van der Waals surface area contributed by atoms with Gasteiger partial charge in [0.25, 0.3) is 5.91 Å². The van der Waals surface area contributed by atoms with E-state index in [1.54, 1.807) is 30.5 Å². The molecule has 0 atom stereocenters. The van der Waals surface area contributed by atoms with Crippen LogP contribution in [0.5, 0.6) is 0 Å². The molecule has 4 nitrogen and oxygen atoms in total. The maximum absolute atomic E-state index is 13.6. The Balaban J connectivity index is 1.78. The highest BCUT2D eigenvalue weighted by Gasteiger charge is 2.26. The number of hydrogen-bond acceptors (Lipinski definition) is 4. The summed E-state index contributed by atoms with van der Waals surface area (Å²) in [4.78, 5) is 24.8. The van der Waals surface area contributed by atoms with E-state index >= 15 is 0 Å². The van der Waals surface area contributed by atoms with Gasteiger partial charge >= 0.3 is 0 Å². The predicted molar refractivity (Wildman–Crippen MR) is 118 cm³/mol. The van der Waals surface area contributed by atoms with Gasteiger partial charge in [-0.3, -0.25) is 9.69 Å². The molecule has 4 aromatic rings. The molecule has 0 N–H and O–H groups in total. The molecule has 30 heavy (non-hydrogen) atoms. The van der Waals surface area contributed by atoms with Gasteiger partial charge in [-0.15, -0.1) is 11.3 Å². The molecule has 0 bridgehead atoms. The van der Waals surface area contributed by atoms with Crippen molar-refractivity contribution < 1.29 is 9.18 Å². The zero-order valence-electron chi connectivity index (χ0n) is 16.0. The van der Waals surface area contributed by atoms with E-state index < -0.39 is 5.82 Å². The van der Waals surface area contributed by atoms with Crippen molar-refractivity contribution in [2.24, 2.45) is 0 Å². The lowest BCUT2D eigenvalue weighted by atomic mass is 10.1. The van der Waals surface area contributed by atoms with Crippen molar-refractivity contribution in [2.45, 2.75) is 13.5 Å². The molecule has 0 unspecified atom stereocenters. The Labute approximate surface area is 182 Å². The van der Waals surface area contributed by atoms with Crippen molar-refractivity contribution in [3.05, 3.63) is 100 Å². The third-order valence-corrected chi connectivity index (χ3v) is 5.86. The van der Waals surface area contributed by atoms with E-state index in [4.69, 9.17) is 11.6 Å². The van der Waals surface area contributed by atoms with Crippen LogP contribution < -0.4 is 4.90 Å². The van der Waals surface area contributed by atoms with Crippen LogP contribution in [-0.4, -0.2) is 15.9 Å². The molecule has 0 radical (unpaired) electrons. The summed E-state index contributed by atoms with van der Waals surface area (Å²) in [5.74, 6) is -0.259. The molecule has 2 heterocycles. The van der Waals surface area contributed by atoms with Crippen LogP contribution in [0.25, 0.3) is 10.4 Å². The van der Waals surface area contributed by atoms with E-state index in [0.717, 1.165) is 15.4 Å². The monoisotopic (exact) mass is 437 g/mol. The lowest BCUT2D eigenvalue weighted by molar-refractivity contribution is 0.0980. The summed E-state index contributed by atoms with van der Waals surface area (Å²) < 4.78 is 13.5. The largest absolute Gasteiger partial charge is 0.287 e. The van der Waals surface area contributed by atoms with Crippen molar-refractivity contribution >= 4 is 34.7 Å². The average molecular weight is 438 g/mol. The molecule has 0 aliphatic carbocycles. The van der Waals surface area contributed by atoms with Gasteiger partial charge in [-0.05, 0) is 42.3 Å². The minimum absolute atomic E-state index is 0.139. The molecule has 1 amide bonds. The summed E-state index contributed by atoms with van der Waals surface area (Å²) in [5, 5.41) is 1.04. The predicted octanol–water partition coefficient (Wildman–Crippen LogP) is 6.15. The van der Waals surface area contributed by atoms with Crippen LogP contribution in [0.1, 0.15) is 21.1 Å². The number of carbonyl (C=O) groups is 1. The van der Waals surface area contributed by atoms with Crippen molar-refractivity contribution in [2.75, 3.05) is 4.90 Å². The summed E-state index contributed by atoms with van der Waals surface area (Å²) >= 11 is 7.70. The highest BCUT2D eigenvalue weighted by molar-refractivity contribution is 7.15. The first-order valence-electron chi connectivity index (χ1n) is 9.22. The van der Waals surface area contributed by atoms with Crippen LogP contribution >= 0.6 is 22.9 Å². The Morgan fingerprint density at radius 3 is 2.57 bits per heavy atom. The van der Waals surface area contributed by atoms with Gasteiger partial charge in [-0.25, -0.2) is 14.4 Å². The molecule has 0 saturated carbocycles. The van der Waals surface area contributed by atoms with Crippen molar-refractivity contribution in [1.29, 1.82) is 0 Å². The zero-order chi connectivity index (χ0) is 21.1. The van der Waals surface area contributed by atoms with Gasteiger partial charge in [-0.1, -0.05) is 54.1 Å².